The fourth-order valence-electron chi connectivity index (χ4n) is 3.92. The Morgan fingerprint density at radius 3 is 2.57 bits per heavy atom. The highest BCUT2D eigenvalue weighted by Crippen LogP contribution is 2.32. The zero-order valence-corrected chi connectivity index (χ0v) is 17.3. The van der Waals surface area contributed by atoms with E-state index in [0.717, 1.165) is 25.7 Å². The minimum absolute atomic E-state index is 0.0238. The second kappa shape index (κ2) is 9.14. The molecule has 1 aromatic heterocycles. The molecule has 1 aliphatic rings. The molecule has 0 unspecified atom stereocenters. The number of nitrogens with zero attached hydrogens (tertiary/aromatic N) is 4. The fourth-order valence-corrected chi connectivity index (χ4v) is 4.86. The summed E-state index contributed by atoms with van der Waals surface area (Å²) in [4.78, 5) is 32.3. The number of carbonyl (C=O) groups is 1. The minimum Gasteiger partial charge on any atom is -0.298 e. The summed E-state index contributed by atoms with van der Waals surface area (Å²) in [5.74, 6) is -0.0817. The Labute approximate surface area is 179 Å². The number of benzene rings is 2. The number of carbonyl (C=O) groups excluding carboxylic acids is 1. The molecule has 2 aromatic carbocycles. The number of anilines is 1. The van der Waals surface area contributed by atoms with E-state index >= 15 is 0 Å². The van der Waals surface area contributed by atoms with Crippen molar-refractivity contribution in [2.75, 3.05) is 17.2 Å². The van der Waals surface area contributed by atoms with Crippen LogP contribution in [0.15, 0.2) is 64.5 Å². The maximum absolute atomic E-state index is 13.2. The Hall–Kier alpha value is -3.11. The molecule has 6 nitrogen and oxygen atoms in total. The SMILES string of the molecule is N#CCN(C(=O)CSc1nc2ccccc2c(=O)n1C1CCCC1)c1ccccc1. The maximum atomic E-state index is 13.2. The van der Waals surface area contributed by atoms with Crippen molar-refractivity contribution in [2.24, 2.45) is 0 Å². The summed E-state index contributed by atoms with van der Waals surface area (Å²) in [5.41, 5.74) is 1.28. The standard InChI is InChI=1S/C23H22N4O2S/c24-14-15-26(17-8-2-1-3-9-17)21(28)16-30-23-25-20-13-7-6-12-19(20)22(29)27(23)18-10-4-5-11-18/h1-3,6-9,12-13,18H,4-5,10-11,15-16H2. The van der Waals surface area contributed by atoms with Crippen molar-refractivity contribution in [3.63, 3.8) is 0 Å². The molecule has 1 saturated carbocycles. The molecule has 0 N–H and O–H groups in total. The van der Waals surface area contributed by atoms with Gasteiger partial charge < -0.3 is 0 Å². The van der Waals surface area contributed by atoms with Crippen LogP contribution in [0.4, 0.5) is 5.69 Å². The lowest BCUT2D eigenvalue weighted by molar-refractivity contribution is -0.116. The zero-order valence-electron chi connectivity index (χ0n) is 16.5. The van der Waals surface area contributed by atoms with Crippen molar-refractivity contribution >= 4 is 34.3 Å². The zero-order chi connectivity index (χ0) is 20.9. The summed E-state index contributed by atoms with van der Waals surface area (Å²) in [5, 5.41) is 10.3. The van der Waals surface area contributed by atoms with Crippen LogP contribution in [0.2, 0.25) is 0 Å². The van der Waals surface area contributed by atoms with E-state index in [0.29, 0.717) is 21.7 Å². The van der Waals surface area contributed by atoms with Gasteiger partial charge in [0.05, 0.1) is 22.7 Å². The number of nitriles is 1. The van der Waals surface area contributed by atoms with Crippen molar-refractivity contribution in [3.8, 4) is 6.07 Å². The molecule has 1 fully saturated rings. The van der Waals surface area contributed by atoms with Gasteiger partial charge in [0.1, 0.15) is 6.54 Å². The molecule has 30 heavy (non-hydrogen) atoms. The third kappa shape index (κ3) is 4.10. The molecule has 0 bridgehead atoms. The summed E-state index contributed by atoms with van der Waals surface area (Å²) in [6, 6.07) is 18.7. The predicted octanol–water partition coefficient (Wildman–Crippen LogP) is 4.16. The van der Waals surface area contributed by atoms with Crippen LogP contribution in [-0.4, -0.2) is 27.8 Å². The van der Waals surface area contributed by atoms with E-state index in [2.05, 4.69) is 6.07 Å². The number of hydrogen-bond acceptors (Lipinski definition) is 5. The van der Waals surface area contributed by atoms with E-state index < -0.39 is 0 Å². The van der Waals surface area contributed by atoms with Crippen LogP contribution >= 0.6 is 11.8 Å². The number of amides is 1. The number of fused-ring (bicyclic) bond motifs is 1. The normalized spacial score (nSPS) is 14.0. The first-order chi connectivity index (χ1) is 14.7. The van der Waals surface area contributed by atoms with Crippen LogP contribution in [0.1, 0.15) is 31.7 Å². The number of hydrogen-bond donors (Lipinski definition) is 0. The Morgan fingerprint density at radius 1 is 1.13 bits per heavy atom. The Morgan fingerprint density at radius 2 is 1.83 bits per heavy atom. The molecular formula is C23H22N4O2S. The number of para-hydroxylation sites is 2. The lowest BCUT2D eigenvalue weighted by Crippen LogP contribution is -2.33. The largest absolute Gasteiger partial charge is 0.298 e. The molecule has 0 aliphatic heterocycles. The summed E-state index contributed by atoms with van der Waals surface area (Å²) in [6.07, 6.45) is 4.09. The number of thioether (sulfide) groups is 1. The van der Waals surface area contributed by atoms with E-state index in [9.17, 15) is 9.59 Å². The molecule has 0 radical (unpaired) electrons. The summed E-state index contributed by atoms with van der Waals surface area (Å²) < 4.78 is 1.78. The number of rotatable bonds is 6. The first-order valence-corrected chi connectivity index (χ1v) is 11.0. The van der Waals surface area contributed by atoms with Gasteiger partial charge in [-0.25, -0.2) is 4.98 Å². The van der Waals surface area contributed by atoms with Crippen LogP contribution in [0, 0.1) is 11.3 Å². The molecule has 1 amide bonds. The minimum atomic E-state index is -0.187. The van der Waals surface area contributed by atoms with E-state index in [1.165, 1.54) is 16.7 Å². The van der Waals surface area contributed by atoms with Crippen molar-refractivity contribution in [2.45, 2.75) is 36.9 Å². The Balaban J connectivity index is 1.64. The van der Waals surface area contributed by atoms with E-state index in [4.69, 9.17) is 10.2 Å². The highest BCUT2D eigenvalue weighted by atomic mass is 32.2. The predicted molar refractivity (Wildman–Crippen MR) is 119 cm³/mol. The van der Waals surface area contributed by atoms with E-state index in [1.807, 2.05) is 48.5 Å². The summed E-state index contributed by atoms with van der Waals surface area (Å²) >= 11 is 1.27. The molecule has 0 saturated heterocycles. The first kappa shape index (κ1) is 20.2. The lowest BCUT2D eigenvalue weighted by atomic mass is 10.2. The molecule has 152 valence electrons. The van der Waals surface area contributed by atoms with Gasteiger partial charge in [-0.3, -0.25) is 19.1 Å². The quantitative estimate of drug-likeness (QED) is 0.341. The topological polar surface area (TPSA) is 79.0 Å². The third-order valence-electron chi connectivity index (χ3n) is 5.39. The van der Waals surface area contributed by atoms with Gasteiger partial charge in [0.25, 0.3) is 5.56 Å². The van der Waals surface area contributed by atoms with Crippen LogP contribution in [0.5, 0.6) is 0 Å². The molecule has 0 spiro atoms. The van der Waals surface area contributed by atoms with Crippen LogP contribution in [0.25, 0.3) is 10.9 Å². The first-order valence-electron chi connectivity index (χ1n) is 10.1. The van der Waals surface area contributed by atoms with E-state index in [-0.39, 0.29) is 29.8 Å². The average Bonchev–Trinajstić information content (AvgIpc) is 3.31. The molecule has 4 rings (SSSR count). The van der Waals surface area contributed by atoms with Gasteiger partial charge in [0.15, 0.2) is 5.16 Å². The van der Waals surface area contributed by atoms with Crippen molar-refractivity contribution in [1.82, 2.24) is 9.55 Å². The molecular weight excluding hydrogens is 396 g/mol. The average molecular weight is 419 g/mol. The van der Waals surface area contributed by atoms with Crippen molar-refractivity contribution in [3.05, 3.63) is 65.0 Å². The van der Waals surface area contributed by atoms with Gasteiger partial charge in [-0.2, -0.15) is 5.26 Å². The molecule has 3 aromatic rings. The van der Waals surface area contributed by atoms with Crippen LogP contribution < -0.4 is 10.5 Å². The van der Waals surface area contributed by atoms with Gasteiger partial charge >= 0.3 is 0 Å². The fraction of sp³-hybridized carbons (Fsp3) is 0.304. The highest BCUT2D eigenvalue weighted by molar-refractivity contribution is 7.99. The van der Waals surface area contributed by atoms with Gasteiger partial charge in [0.2, 0.25) is 5.91 Å². The smallest absolute Gasteiger partial charge is 0.262 e. The Kier molecular flexibility index (Phi) is 6.15. The van der Waals surface area contributed by atoms with Gasteiger partial charge in [-0.05, 0) is 37.1 Å². The van der Waals surface area contributed by atoms with Crippen LogP contribution in [-0.2, 0) is 4.79 Å². The summed E-state index contributed by atoms with van der Waals surface area (Å²) in [7, 11) is 0. The molecule has 7 heteroatoms. The monoisotopic (exact) mass is 418 g/mol. The molecule has 0 atom stereocenters. The lowest BCUT2D eigenvalue weighted by Gasteiger charge is -2.21. The van der Waals surface area contributed by atoms with Crippen molar-refractivity contribution < 1.29 is 4.79 Å². The maximum Gasteiger partial charge on any atom is 0.262 e. The second-order valence-corrected chi connectivity index (χ2v) is 8.23. The van der Waals surface area contributed by atoms with Crippen molar-refractivity contribution in [1.29, 1.82) is 5.26 Å². The third-order valence-corrected chi connectivity index (χ3v) is 6.33. The van der Waals surface area contributed by atoms with Gasteiger partial charge in [0, 0.05) is 11.7 Å². The van der Waals surface area contributed by atoms with E-state index in [1.54, 1.807) is 10.6 Å². The highest BCUT2D eigenvalue weighted by Gasteiger charge is 2.24. The van der Waals surface area contributed by atoms with Crippen LogP contribution in [0.3, 0.4) is 0 Å². The molecule has 1 heterocycles. The van der Waals surface area contributed by atoms with Gasteiger partial charge in [-0.1, -0.05) is 54.9 Å². The summed E-state index contributed by atoms with van der Waals surface area (Å²) in [6.45, 7) is -0.0238. The Bertz CT molecular complexity index is 1150. The second-order valence-electron chi connectivity index (χ2n) is 7.29. The molecule has 1 aliphatic carbocycles. The number of aromatic nitrogens is 2. The van der Waals surface area contributed by atoms with Gasteiger partial charge in [-0.15, -0.1) is 0 Å².